The molecule has 1 aromatic heterocycles. The molecule has 2 N–H and O–H groups in total. The highest BCUT2D eigenvalue weighted by atomic mass is 35.5. The number of pyridine rings is 1. The lowest BCUT2D eigenvalue weighted by Crippen LogP contribution is -2.38. The number of nitrogens with zero attached hydrogens (tertiary/aromatic N) is 2. The van der Waals surface area contributed by atoms with Crippen LogP contribution < -0.4 is 5.73 Å². The van der Waals surface area contributed by atoms with E-state index in [0.717, 1.165) is 0 Å². The van der Waals surface area contributed by atoms with Crippen LogP contribution in [0.25, 0.3) is 0 Å². The molecule has 2 rings (SSSR count). The van der Waals surface area contributed by atoms with Gasteiger partial charge in [0.2, 0.25) is 5.91 Å². The molecule has 1 fully saturated rings. The molecular formula is C12H14ClN3O2. The van der Waals surface area contributed by atoms with Crippen molar-refractivity contribution in [3.05, 3.63) is 29.0 Å². The molecule has 1 aliphatic heterocycles. The molecule has 6 heteroatoms. The van der Waals surface area contributed by atoms with E-state index < -0.39 is 5.41 Å². The van der Waals surface area contributed by atoms with Gasteiger partial charge in [-0.15, -0.1) is 0 Å². The summed E-state index contributed by atoms with van der Waals surface area (Å²) in [6.07, 6.45) is 2.06. The third kappa shape index (κ3) is 2.31. The molecule has 0 aliphatic carbocycles. The Morgan fingerprint density at radius 1 is 1.56 bits per heavy atom. The minimum absolute atomic E-state index is 0.220. The van der Waals surface area contributed by atoms with E-state index in [1.165, 1.54) is 12.3 Å². The summed E-state index contributed by atoms with van der Waals surface area (Å²) < 4.78 is 0. The van der Waals surface area contributed by atoms with Crippen LogP contribution >= 0.6 is 11.6 Å². The van der Waals surface area contributed by atoms with Gasteiger partial charge in [-0.05, 0) is 25.5 Å². The summed E-state index contributed by atoms with van der Waals surface area (Å²) in [5, 5.41) is 0.463. The van der Waals surface area contributed by atoms with Crippen molar-refractivity contribution in [3.63, 3.8) is 0 Å². The largest absolute Gasteiger partial charge is 0.369 e. The SMILES string of the molecule is CC1(C(N)=O)CCN(C(=O)c2cc(Cl)ccn2)C1. The Labute approximate surface area is 110 Å². The summed E-state index contributed by atoms with van der Waals surface area (Å²) in [5.41, 5.74) is 4.99. The summed E-state index contributed by atoms with van der Waals surface area (Å²) in [5.74, 6) is -0.598. The Bertz CT molecular complexity index is 506. The standard InChI is InChI=1S/C12H14ClN3O2/c1-12(11(14)18)3-5-16(7-12)10(17)9-6-8(13)2-4-15-9/h2,4,6H,3,5,7H2,1H3,(H2,14,18). The van der Waals surface area contributed by atoms with Crippen molar-refractivity contribution in [2.24, 2.45) is 11.1 Å². The summed E-state index contributed by atoms with van der Waals surface area (Å²) in [7, 11) is 0. The van der Waals surface area contributed by atoms with Crippen LogP contribution in [0.1, 0.15) is 23.8 Å². The number of hydrogen-bond acceptors (Lipinski definition) is 3. The lowest BCUT2D eigenvalue weighted by Gasteiger charge is -2.20. The molecule has 1 aliphatic rings. The molecule has 1 unspecified atom stereocenters. The molecule has 2 heterocycles. The van der Waals surface area contributed by atoms with Gasteiger partial charge in [0.25, 0.3) is 5.91 Å². The van der Waals surface area contributed by atoms with Gasteiger partial charge in [-0.3, -0.25) is 14.6 Å². The van der Waals surface area contributed by atoms with E-state index in [0.29, 0.717) is 24.5 Å². The minimum atomic E-state index is -0.645. The smallest absolute Gasteiger partial charge is 0.272 e. The number of likely N-dealkylation sites (tertiary alicyclic amines) is 1. The van der Waals surface area contributed by atoms with Gasteiger partial charge in [-0.25, -0.2) is 0 Å². The maximum absolute atomic E-state index is 12.2. The molecule has 0 radical (unpaired) electrons. The van der Waals surface area contributed by atoms with Gasteiger partial charge >= 0.3 is 0 Å². The molecule has 1 atom stereocenters. The third-order valence-corrected chi connectivity index (χ3v) is 3.53. The van der Waals surface area contributed by atoms with E-state index >= 15 is 0 Å². The fraction of sp³-hybridized carbons (Fsp3) is 0.417. The van der Waals surface area contributed by atoms with Crippen molar-refractivity contribution in [2.45, 2.75) is 13.3 Å². The number of carbonyl (C=O) groups is 2. The quantitative estimate of drug-likeness (QED) is 0.871. The second kappa shape index (κ2) is 4.57. The van der Waals surface area contributed by atoms with Crippen LogP contribution in [0.4, 0.5) is 0 Å². The molecule has 0 bridgehead atoms. The van der Waals surface area contributed by atoms with Crippen molar-refractivity contribution in [3.8, 4) is 0 Å². The monoisotopic (exact) mass is 267 g/mol. The number of carbonyl (C=O) groups excluding carboxylic acids is 2. The first kappa shape index (κ1) is 12.8. The van der Waals surface area contributed by atoms with Gasteiger partial charge < -0.3 is 10.6 Å². The fourth-order valence-corrected chi connectivity index (χ4v) is 2.18. The Balaban J connectivity index is 2.15. The number of rotatable bonds is 2. The molecule has 18 heavy (non-hydrogen) atoms. The summed E-state index contributed by atoms with van der Waals surface area (Å²) in [4.78, 5) is 29.1. The van der Waals surface area contributed by atoms with E-state index in [1.807, 2.05) is 0 Å². The van der Waals surface area contributed by atoms with E-state index in [-0.39, 0.29) is 17.5 Å². The van der Waals surface area contributed by atoms with Gasteiger partial charge in [0.15, 0.2) is 0 Å². The van der Waals surface area contributed by atoms with Gasteiger partial charge in [0.05, 0.1) is 5.41 Å². The average molecular weight is 268 g/mol. The molecule has 0 spiro atoms. The average Bonchev–Trinajstić information content (AvgIpc) is 2.72. The highest BCUT2D eigenvalue weighted by molar-refractivity contribution is 6.30. The molecule has 1 aromatic rings. The predicted molar refractivity (Wildman–Crippen MR) is 67.1 cm³/mol. The fourth-order valence-electron chi connectivity index (χ4n) is 2.02. The van der Waals surface area contributed by atoms with Crippen molar-refractivity contribution >= 4 is 23.4 Å². The van der Waals surface area contributed by atoms with Crippen LogP contribution in [0, 0.1) is 5.41 Å². The molecule has 0 aromatic carbocycles. The van der Waals surface area contributed by atoms with Gasteiger partial charge in [-0.2, -0.15) is 0 Å². The van der Waals surface area contributed by atoms with Crippen molar-refractivity contribution in [1.29, 1.82) is 0 Å². The Morgan fingerprint density at radius 3 is 2.83 bits per heavy atom. The van der Waals surface area contributed by atoms with Gasteiger partial charge in [0.1, 0.15) is 5.69 Å². The van der Waals surface area contributed by atoms with E-state index in [2.05, 4.69) is 4.98 Å². The number of aromatic nitrogens is 1. The Hall–Kier alpha value is -1.62. The number of primary amides is 1. The zero-order chi connectivity index (χ0) is 13.3. The zero-order valence-electron chi connectivity index (χ0n) is 10.0. The Kier molecular flexibility index (Phi) is 3.26. The first-order valence-corrected chi connectivity index (χ1v) is 6.01. The second-order valence-electron chi connectivity index (χ2n) is 4.76. The van der Waals surface area contributed by atoms with Crippen LogP contribution in [-0.2, 0) is 4.79 Å². The van der Waals surface area contributed by atoms with E-state index in [4.69, 9.17) is 17.3 Å². The topological polar surface area (TPSA) is 76.3 Å². The van der Waals surface area contributed by atoms with E-state index in [9.17, 15) is 9.59 Å². The lowest BCUT2D eigenvalue weighted by molar-refractivity contribution is -0.126. The molecule has 5 nitrogen and oxygen atoms in total. The van der Waals surface area contributed by atoms with Crippen LogP contribution in [0.15, 0.2) is 18.3 Å². The third-order valence-electron chi connectivity index (χ3n) is 3.30. The summed E-state index contributed by atoms with van der Waals surface area (Å²) in [6, 6.07) is 3.12. The van der Waals surface area contributed by atoms with Crippen LogP contribution in [0.2, 0.25) is 5.02 Å². The summed E-state index contributed by atoms with van der Waals surface area (Å²) >= 11 is 5.82. The first-order chi connectivity index (χ1) is 8.42. The molecular weight excluding hydrogens is 254 g/mol. The van der Waals surface area contributed by atoms with Crippen molar-refractivity contribution in [1.82, 2.24) is 9.88 Å². The highest BCUT2D eigenvalue weighted by Crippen LogP contribution is 2.30. The molecule has 2 amide bonds. The van der Waals surface area contributed by atoms with Crippen molar-refractivity contribution in [2.75, 3.05) is 13.1 Å². The maximum Gasteiger partial charge on any atom is 0.272 e. The van der Waals surface area contributed by atoms with Gasteiger partial charge in [-0.1, -0.05) is 11.6 Å². The highest BCUT2D eigenvalue weighted by Gasteiger charge is 2.41. The lowest BCUT2D eigenvalue weighted by atomic mass is 9.89. The Morgan fingerprint density at radius 2 is 2.28 bits per heavy atom. The van der Waals surface area contributed by atoms with Crippen LogP contribution in [0.5, 0.6) is 0 Å². The zero-order valence-corrected chi connectivity index (χ0v) is 10.8. The number of nitrogens with two attached hydrogens (primary N) is 1. The number of amides is 2. The van der Waals surface area contributed by atoms with Crippen LogP contribution in [0.3, 0.4) is 0 Å². The predicted octanol–water partition coefficient (Wildman–Crippen LogP) is 1.07. The molecule has 96 valence electrons. The van der Waals surface area contributed by atoms with Crippen molar-refractivity contribution < 1.29 is 9.59 Å². The first-order valence-electron chi connectivity index (χ1n) is 5.63. The summed E-state index contributed by atoms with van der Waals surface area (Å²) in [6.45, 7) is 2.61. The minimum Gasteiger partial charge on any atom is -0.369 e. The van der Waals surface area contributed by atoms with Gasteiger partial charge in [0, 0.05) is 24.3 Å². The second-order valence-corrected chi connectivity index (χ2v) is 5.20. The van der Waals surface area contributed by atoms with Crippen LogP contribution in [-0.4, -0.2) is 34.8 Å². The molecule has 1 saturated heterocycles. The molecule has 0 saturated carbocycles. The van der Waals surface area contributed by atoms with E-state index in [1.54, 1.807) is 17.9 Å². The maximum atomic E-state index is 12.2. The number of hydrogen-bond donors (Lipinski definition) is 1. The number of halogens is 1. The normalized spacial score (nSPS) is 23.1.